The number of rotatable bonds is 1. The molecule has 0 aromatic carbocycles. The zero-order chi connectivity index (χ0) is 16.1. The molecule has 2 saturated heterocycles. The highest BCUT2D eigenvalue weighted by Crippen LogP contribution is 2.35. The van der Waals surface area contributed by atoms with Crippen molar-refractivity contribution in [2.24, 2.45) is 5.92 Å². The molecule has 132 valence electrons. The van der Waals surface area contributed by atoms with Gasteiger partial charge in [-0.25, -0.2) is 4.79 Å². The van der Waals surface area contributed by atoms with Gasteiger partial charge in [0.2, 0.25) is 0 Å². The standard InChI is InChI=1S/C18H33N3O2/c22-18(23)20-15-7-2-1-6-14-12-17(14)19-13-16-9-5-11-21(16)10-4-3-8-15/h14-17,19-20H,1-13H2,(H,22,23). The Balaban J connectivity index is 1.51. The minimum Gasteiger partial charge on any atom is -0.465 e. The molecule has 3 N–H and O–H groups in total. The molecule has 0 bridgehead atoms. The van der Waals surface area contributed by atoms with Crippen LogP contribution in [0.5, 0.6) is 0 Å². The number of carbonyl (C=O) groups is 1. The maximum absolute atomic E-state index is 11.0. The summed E-state index contributed by atoms with van der Waals surface area (Å²) in [7, 11) is 0. The molecule has 1 aliphatic carbocycles. The monoisotopic (exact) mass is 323 g/mol. The number of nitrogens with zero attached hydrogens (tertiary/aromatic N) is 1. The van der Waals surface area contributed by atoms with Crippen LogP contribution in [0, 0.1) is 5.92 Å². The van der Waals surface area contributed by atoms with Gasteiger partial charge in [-0.3, -0.25) is 4.90 Å². The van der Waals surface area contributed by atoms with Crippen LogP contribution in [0.25, 0.3) is 0 Å². The zero-order valence-corrected chi connectivity index (χ0v) is 14.3. The van der Waals surface area contributed by atoms with Crippen LogP contribution in [0.15, 0.2) is 0 Å². The second kappa shape index (κ2) is 8.34. The summed E-state index contributed by atoms with van der Waals surface area (Å²) < 4.78 is 0. The molecule has 3 fully saturated rings. The lowest BCUT2D eigenvalue weighted by atomic mass is 10.0. The molecule has 1 saturated carbocycles. The Morgan fingerprint density at radius 1 is 1.00 bits per heavy atom. The van der Waals surface area contributed by atoms with E-state index in [9.17, 15) is 4.79 Å². The number of amides is 1. The lowest BCUT2D eigenvalue weighted by molar-refractivity contribution is 0.187. The number of fused-ring (bicyclic) bond motifs is 2. The predicted molar refractivity (Wildman–Crippen MR) is 91.8 cm³/mol. The summed E-state index contributed by atoms with van der Waals surface area (Å²) in [4.78, 5) is 13.6. The molecule has 4 atom stereocenters. The van der Waals surface area contributed by atoms with Gasteiger partial charge in [0, 0.05) is 24.7 Å². The van der Waals surface area contributed by atoms with Crippen LogP contribution in [0.3, 0.4) is 0 Å². The minimum absolute atomic E-state index is 0.153. The topological polar surface area (TPSA) is 64.6 Å². The lowest BCUT2D eigenvalue weighted by Gasteiger charge is -2.25. The second-order valence-electron chi connectivity index (χ2n) is 7.77. The fourth-order valence-electron chi connectivity index (χ4n) is 4.49. The summed E-state index contributed by atoms with van der Waals surface area (Å²) >= 11 is 0. The van der Waals surface area contributed by atoms with Gasteiger partial charge in [-0.1, -0.05) is 19.3 Å². The molecule has 0 radical (unpaired) electrons. The summed E-state index contributed by atoms with van der Waals surface area (Å²) in [6.07, 6.45) is 11.2. The molecule has 5 heteroatoms. The van der Waals surface area contributed by atoms with Crippen LogP contribution >= 0.6 is 0 Å². The van der Waals surface area contributed by atoms with E-state index in [1.54, 1.807) is 0 Å². The lowest BCUT2D eigenvalue weighted by Crippen LogP contribution is -2.39. The zero-order valence-electron chi connectivity index (χ0n) is 14.3. The number of carboxylic acid groups (broad SMARTS) is 1. The van der Waals surface area contributed by atoms with Crippen molar-refractivity contribution in [2.75, 3.05) is 19.6 Å². The van der Waals surface area contributed by atoms with Crippen LogP contribution in [0.1, 0.15) is 64.2 Å². The van der Waals surface area contributed by atoms with Gasteiger partial charge in [-0.15, -0.1) is 0 Å². The SMILES string of the molecule is O=C(O)NC1CCCCC2CC2NCC2CCCN2CCCC1. The molecule has 4 unspecified atom stereocenters. The second-order valence-corrected chi connectivity index (χ2v) is 7.77. The average Bonchev–Trinajstić information content (AvgIpc) is 3.11. The third kappa shape index (κ3) is 5.35. The molecule has 23 heavy (non-hydrogen) atoms. The summed E-state index contributed by atoms with van der Waals surface area (Å²) in [5.74, 6) is 0.876. The van der Waals surface area contributed by atoms with E-state index >= 15 is 0 Å². The fourth-order valence-corrected chi connectivity index (χ4v) is 4.49. The molecule has 0 aromatic rings. The van der Waals surface area contributed by atoms with Gasteiger partial charge in [-0.05, 0) is 64.0 Å². The Bertz CT molecular complexity index is 390. The Kier molecular flexibility index (Phi) is 6.17. The molecule has 0 aromatic heterocycles. The summed E-state index contributed by atoms with van der Waals surface area (Å²) in [5.41, 5.74) is 0. The van der Waals surface area contributed by atoms with Crippen LogP contribution < -0.4 is 10.6 Å². The van der Waals surface area contributed by atoms with Crippen molar-refractivity contribution in [3.63, 3.8) is 0 Å². The Morgan fingerprint density at radius 3 is 2.57 bits per heavy atom. The van der Waals surface area contributed by atoms with Gasteiger partial charge < -0.3 is 15.7 Å². The van der Waals surface area contributed by atoms with Gasteiger partial charge >= 0.3 is 6.09 Å². The van der Waals surface area contributed by atoms with Gasteiger partial charge in [0.1, 0.15) is 0 Å². The summed E-state index contributed by atoms with van der Waals surface area (Å²) in [6, 6.07) is 1.64. The smallest absolute Gasteiger partial charge is 0.404 e. The molecule has 5 nitrogen and oxygen atoms in total. The summed E-state index contributed by atoms with van der Waals surface area (Å²) in [6.45, 7) is 3.60. The molecular weight excluding hydrogens is 290 g/mol. The van der Waals surface area contributed by atoms with E-state index in [4.69, 9.17) is 5.11 Å². The van der Waals surface area contributed by atoms with Gasteiger partial charge in [0.15, 0.2) is 0 Å². The molecule has 3 aliphatic rings. The van der Waals surface area contributed by atoms with Crippen LogP contribution in [-0.2, 0) is 0 Å². The van der Waals surface area contributed by atoms with Crippen molar-refractivity contribution in [3.8, 4) is 0 Å². The quantitative estimate of drug-likeness (QED) is 0.694. The predicted octanol–water partition coefficient (Wildman–Crippen LogP) is 2.81. The molecule has 3 rings (SSSR count). The Morgan fingerprint density at radius 2 is 1.74 bits per heavy atom. The van der Waals surface area contributed by atoms with E-state index in [0.29, 0.717) is 0 Å². The fraction of sp³-hybridized carbons (Fsp3) is 0.944. The van der Waals surface area contributed by atoms with Crippen molar-refractivity contribution in [3.05, 3.63) is 0 Å². The van der Waals surface area contributed by atoms with Crippen molar-refractivity contribution in [2.45, 2.75) is 82.3 Å². The normalized spacial score (nSPS) is 37.0. The maximum Gasteiger partial charge on any atom is 0.404 e. The molecule has 0 spiro atoms. The van der Waals surface area contributed by atoms with E-state index in [-0.39, 0.29) is 6.04 Å². The van der Waals surface area contributed by atoms with E-state index in [1.807, 2.05) is 0 Å². The maximum atomic E-state index is 11.0. The molecule has 2 heterocycles. The van der Waals surface area contributed by atoms with Gasteiger partial charge in [0.05, 0.1) is 0 Å². The first-order chi connectivity index (χ1) is 11.2. The highest BCUT2D eigenvalue weighted by atomic mass is 16.4. The Hall–Kier alpha value is -0.810. The third-order valence-electron chi connectivity index (χ3n) is 5.99. The van der Waals surface area contributed by atoms with Crippen molar-refractivity contribution in [1.29, 1.82) is 0 Å². The number of nitrogens with one attached hydrogen (secondary N) is 2. The van der Waals surface area contributed by atoms with Gasteiger partial charge in [0.25, 0.3) is 0 Å². The van der Waals surface area contributed by atoms with Crippen molar-refractivity contribution < 1.29 is 9.90 Å². The molecule has 2 aliphatic heterocycles. The van der Waals surface area contributed by atoms with E-state index in [0.717, 1.165) is 43.7 Å². The first-order valence-electron chi connectivity index (χ1n) is 9.69. The van der Waals surface area contributed by atoms with Crippen LogP contribution in [0.2, 0.25) is 0 Å². The van der Waals surface area contributed by atoms with E-state index < -0.39 is 6.09 Å². The number of hydrogen-bond acceptors (Lipinski definition) is 3. The third-order valence-corrected chi connectivity index (χ3v) is 5.99. The summed E-state index contributed by atoms with van der Waals surface area (Å²) in [5, 5.41) is 15.6. The largest absolute Gasteiger partial charge is 0.465 e. The highest BCUT2D eigenvalue weighted by Gasteiger charge is 2.37. The average molecular weight is 323 g/mol. The first-order valence-corrected chi connectivity index (χ1v) is 9.69. The first kappa shape index (κ1) is 17.0. The minimum atomic E-state index is -0.862. The van der Waals surface area contributed by atoms with Crippen LogP contribution in [-0.4, -0.2) is 53.9 Å². The highest BCUT2D eigenvalue weighted by molar-refractivity contribution is 5.64. The van der Waals surface area contributed by atoms with Gasteiger partial charge in [-0.2, -0.15) is 0 Å². The Labute approximate surface area is 140 Å². The van der Waals surface area contributed by atoms with Crippen LogP contribution in [0.4, 0.5) is 4.79 Å². The van der Waals surface area contributed by atoms with E-state index in [2.05, 4.69) is 15.5 Å². The van der Waals surface area contributed by atoms with Crippen molar-refractivity contribution in [1.82, 2.24) is 15.5 Å². The molecule has 1 amide bonds. The number of hydrogen-bond donors (Lipinski definition) is 3. The molecular formula is C18H33N3O2. The van der Waals surface area contributed by atoms with E-state index in [1.165, 1.54) is 58.2 Å². The van der Waals surface area contributed by atoms with Crippen molar-refractivity contribution >= 4 is 6.09 Å².